The van der Waals surface area contributed by atoms with E-state index in [1.165, 1.54) is 0 Å². The van der Waals surface area contributed by atoms with Crippen molar-refractivity contribution in [3.05, 3.63) is 59.7 Å². The summed E-state index contributed by atoms with van der Waals surface area (Å²) in [4.78, 5) is 26.3. The van der Waals surface area contributed by atoms with Crippen LogP contribution in [0.1, 0.15) is 30.9 Å². The number of hydrogen-bond donors (Lipinski definition) is 2. The van der Waals surface area contributed by atoms with Crippen LogP contribution in [0, 0.1) is 5.92 Å². The van der Waals surface area contributed by atoms with Crippen LogP contribution in [0.5, 0.6) is 5.75 Å². The summed E-state index contributed by atoms with van der Waals surface area (Å²) >= 11 is 0. The fourth-order valence-electron chi connectivity index (χ4n) is 3.74. The molecule has 2 unspecified atom stereocenters. The van der Waals surface area contributed by atoms with Crippen molar-refractivity contribution in [2.45, 2.75) is 39.0 Å². The summed E-state index contributed by atoms with van der Waals surface area (Å²) in [5.41, 5.74) is 8.22. The highest BCUT2D eigenvalue weighted by molar-refractivity contribution is 5.93. The van der Waals surface area contributed by atoms with Crippen molar-refractivity contribution in [3.8, 4) is 5.75 Å². The van der Waals surface area contributed by atoms with Gasteiger partial charge >= 0.3 is 0 Å². The fraction of sp³-hybridized carbons (Fsp3) is 0.417. The van der Waals surface area contributed by atoms with Gasteiger partial charge in [-0.3, -0.25) is 14.5 Å². The lowest BCUT2D eigenvalue weighted by Gasteiger charge is -2.31. The zero-order valence-electron chi connectivity index (χ0n) is 18.2. The van der Waals surface area contributed by atoms with E-state index < -0.39 is 6.10 Å². The Balaban J connectivity index is 1.52. The van der Waals surface area contributed by atoms with Gasteiger partial charge in [-0.15, -0.1) is 0 Å². The Morgan fingerprint density at radius 2 is 1.97 bits per heavy atom. The molecule has 3 N–H and O–H groups in total. The van der Waals surface area contributed by atoms with Crippen LogP contribution in [0.4, 0.5) is 5.69 Å². The molecule has 1 aliphatic heterocycles. The largest absolute Gasteiger partial charge is 0.497 e. The Morgan fingerprint density at radius 3 is 2.74 bits per heavy atom. The van der Waals surface area contributed by atoms with E-state index in [-0.39, 0.29) is 17.7 Å². The molecule has 1 aliphatic rings. The van der Waals surface area contributed by atoms with Crippen molar-refractivity contribution in [2.24, 2.45) is 11.7 Å². The maximum atomic E-state index is 12.6. The SMILES string of the molecule is COc1cccc(COC(C)C(=O)Nc2cccc(CN3CCCC(C(N)=O)C3)c2)c1. The summed E-state index contributed by atoms with van der Waals surface area (Å²) in [5, 5.41) is 2.92. The molecule has 0 saturated carbocycles. The molecule has 2 aromatic carbocycles. The smallest absolute Gasteiger partial charge is 0.253 e. The molecule has 2 atom stereocenters. The Bertz CT molecular complexity index is 902. The van der Waals surface area contributed by atoms with Crippen LogP contribution in [0.25, 0.3) is 0 Å². The number of anilines is 1. The maximum absolute atomic E-state index is 12.6. The number of amides is 2. The predicted molar refractivity (Wildman–Crippen MR) is 120 cm³/mol. The van der Waals surface area contributed by atoms with Crippen LogP contribution in [0.3, 0.4) is 0 Å². The fourth-order valence-corrected chi connectivity index (χ4v) is 3.74. The Kier molecular flexibility index (Phi) is 8.03. The molecule has 1 heterocycles. The second-order valence-corrected chi connectivity index (χ2v) is 7.97. The van der Waals surface area contributed by atoms with Crippen LogP contribution in [-0.2, 0) is 27.5 Å². The number of nitrogens with two attached hydrogens (primary N) is 1. The lowest BCUT2D eigenvalue weighted by Crippen LogP contribution is -2.40. The van der Waals surface area contributed by atoms with Crippen molar-refractivity contribution in [3.63, 3.8) is 0 Å². The molecule has 166 valence electrons. The molecule has 1 fully saturated rings. The molecule has 0 bridgehead atoms. The molecule has 7 heteroatoms. The number of carbonyl (C=O) groups is 2. The number of nitrogens with one attached hydrogen (secondary N) is 1. The van der Waals surface area contributed by atoms with E-state index in [0.717, 1.165) is 48.5 Å². The monoisotopic (exact) mass is 425 g/mol. The van der Waals surface area contributed by atoms with Crippen LogP contribution in [0.15, 0.2) is 48.5 Å². The molecule has 31 heavy (non-hydrogen) atoms. The number of rotatable bonds is 9. The van der Waals surface area contributed by atoms with Crippen molar-refractivity contribution >= 4 is 17.5 Å². The van der Waals surface area contributed by atoms with E-state index in [9.17, 15) is 9.59 Å². The number of hydrogen-bond acceptors (Lipinski definition) is 5. The van der Waals surface area contributed by atoms with Gasteiger partial charge in [0.2, 0.25) is 5.91 Å². The number of primary amides is 1. The lowest BCUT2D eigenvalue weighted by molar-refractivity contribution is -0.127. The van der Waals surface area contributed by atoms with Gasteiger partial charge in [-0.2, -0.15) is 0 Å². The zero-order valence-corrected chi connectivity index (χ0v) is 18.2. The average Bonchev–Trinajstić information content (AvgIpc) is 2.78. The highest BCUT2D eigenvalue weighted by Crippen LogP contribution is 2.20. The number of carbonyl (C=O) groups excluding carboxylic acids is 2. The van der Waals surface area contributed by atoms with Crippen LogP contribution >= 0.6 is 0 Å². The number of nitrogens with zero attached hydrogens (tertiary/aromatic N) is 1. The van der Waals surface area contributed by atoms with Crippen molar-refractivity contribution < 1.29 is 19.1 Å². The third-order valence-electron chi connectivity index (χ3n) is 5.51. The van der Waals surface area contributed by atoms with Gasteiger partial charge in [0.05, 0.1) is 19.6 Å². The van der Waals surface area contributed by atoms with E-state index in [1.807, 2.05) is 48.5 Å². The first kappa shape index (κ1) is 22.8. The van der Waals surface area contributed by atoms with Gasteiger partial charge in [0.1, 0.15) is 11.9 Å². The third-order valence-corrected chi connectivity index (χ3v) is 5.51. The molecule has 7 nitrogen and oxygen atoms in total. The summed E-state index contributed by atoms with van der Waals surface area (Å²) in [7, 11) is 1.62. The van der Waals surface area contributed by atoms with Gasteiger partial charge in [-0.05, 0) is 61.7 Å². The van der Waals surface area contributed by atoms with Gasteiger partial charge in [0, 0.05) is 18.8 Å². The number of benzene rings is 2. The topological polar surface area (TPSA) is 93.9 Å². The molecule has 2 amide bonds. The minimum absolute atomic E-state index is 0.0841. The lowest BCUT2D eigenvalue weighted by atomic mass is 9.97. The van der Waals surface area contributed by atoms with E-state index in [1.54, 1.807) is 14.0 Å². The first-order valence-corrected chi connectivity index (χ1v) is 10.6. The standard InChI is InChI=1S/C24H31N3O4/c1-17(31-16-19-7-4-10-22(13-19)30-2)24(29)26-21-9-3-6-18(12-21)14-27-11-5-8-20(15-27)23(25)28/h3-4,6-7,9-10,12-13,17,20H,5,8,11,14-16H2,1-2H3,(H2,25,28)(H,26,29). The van der Waals surface area contributed by atoms with Gasteiger partial charge in [-0.25, -0.2) is 0 Å². The first-order valence-electron chi connectivity index (χ1n) is 10.6. The van der Waals surface area contributed by atoms with Gasteiger partial charge in [-0.1, -0.05) is 24.3 Å². The Morgan fingerprint density at radius 1 is 1.19 bits per heavy atom. The van der Waals surface area contributed by atoms with E-state index >= 15 is 0 Å². The van der Waals surface area contributed by atoms with Crippen molar-refractivity contribution in [2.75, 3.05) is 25.5 Å². The predicted octanol–water partition coefficient (Wildman–Crippen LogP) is 2.94. The molecule has 0 aromatic heterocycles. The summed E-state index contributed by atoms with van der Waals surface area (Å²) in [6, 6.07) is 15.3. The van der Waals surface area contributed by atoms with Crippen LogP contribution < -0.4 is 15.8 Å². The quantitative estimate of drug-likeness (QED) is 0.644. The number of piperidine rings is 1. The molecule has 2 aromatic rings. The van der Waals surface area contributed by atoms with E-state index in [2.05, 4.69) is 10.2 Å². The van der Waals surface area contributed by atoms with Crippen LogP contribution in [-0.4, -0.2) is 43.0 Å². The molecular formula is C24H31N3O4. The average molecular weight is 426 g/mol. The number of methoxy groups -OCH3 is 1. The Labute approximate surface area is 183 Å². The summed E-state index contributed by atoms with van der Waals surface area (Å²) in [5.74, 6) is 0.241. The highest BCUT2D eigenvalue weighted by Gasteiger charge is 2.24. The maximum Gasteiger partial charge on any atom is 0.253 e. The zero-order chi connectivity index (χ0) is 22.2. The number of ether oxygens (including phenoxy) is 2. The molecule has 3 rings (SSSR count). The normalized spacial score (nSPS) is 17.7. The summed E-state index contributed by atoms with van der Waals surface area (Å²) in [6.07, 6.45) is 1.22. The molecule has 1 saturated heterocycles. The third kappa shape index (κ3) is 6.80. The second-order valence-electron chi connectivity index (χ2n) is 7.97. The summed E-state index contributed by atoms with van der Waals surface area (Å²) < 4.78 is 10.9. The highest BCUT2D eigenvalue weighted by atomic mass is 16.5. The van der Waals surface area contributed by atoms with E-state index in [4.69, 9.17) is 15.2 Å². The molecular weight excluding hydrogens is 394 g/mol. The molecule has 0 aliphatic carbocycles. The van der Waals surface area contributed by atoms with Crippen molar-refractivity contribution in [1.82, 2.24) is 4.90 Å². The number of likely N-dealkylation sites (tertiary alicyclic amines) is 1. The Hall–Kier alpha value is -2.90. The minimum Gasteiger partial charge on any atom is -0.497 e. The minimum atomic E-state index is -0.603. The van der Waals surface area contributed by atoms with Crippen molar-refractivity contribution in [1.29, 1.82) is 0 Å². The molecule has 0 radical (unpaired) electrons. The van der Waals surface area contributed by atoms with Gasteiger partial charge < -0.3 is 20.5 Å². The van der Waals surface area contributed by atoms with Gasteiger partial charge in [0.15, 0.2) is 0 Å². The first-order chi connectivity index (χ1) is 14.9. The van der Waals surface area contributed by atoms with Gasteiger partial charge in [0.25, 0.3) is 5.91 Å². The summed E-state index contributed by atoms with van der Waals surface area (Å²) in [6.45, 7) is 4.39. The van der Waals surface area contributed by atoms with Crippen LogP contribution in [0.2, 0.25) is 0 Å². The second kappa shape index (κ2) is 10.9. The van der Waals surface area contributed by atoms with E-state index in [0.29, 0.717) is 13.2 Å². The molecule has 0 spiro atoms.